The van der Waals surface area contributed by atoms with Gasteiger partial charge in [0.05, 0.1) is 26.3 Å². The van der Waals surface area contributed by atoms with Crippen molar-refractivity contribution >= 4 is 23.1 Å². The monoisotopic (exact) mass is 442 g/mol. The van der Waals surface area contributed by atoms with Crippen LogP contribution in [0.15, 0.2) is 72.4 Å². The van der Waals surface area contributed by atoms with Gasteiger partial charge in [0.15, 0.2) is 11.5 Å². The maximum Gasteiger partial charge on any atom is 0.278 e. The molecule has 6 nitrogen and oxygen atoms in total. The lowest BCUT2D eigenvalue weighted by Crippen LogP contribution is -2.32. The van der Waals surface area contributed by atoms with E-state index in [1.807, 2.05) is 62.4 Å². The normalized spacial score (nSPS) is 13.5. The SMILES string of the molecule is COc1ccc(NC2=C(c3ccc(C)c(C)c3)C(=O)N(Cc3ccccc3)C2=O)cc1OC. The highest BCUT2D eigenvalue weighted by Gasteiger charge is 2.39. The Bertz CT molecular complexity index is 1250. The van der Waals surface area contributed by atoms with Gasteiger partial charge in [-0.05, 0) is 48.2 Å². The number of aryl methyl sites for hydroxylation is 2. The van der Waals surface area contributed by atoms with Crippen molar-refractivity contribution in [3.63, 3.8) is 0 Å². The maximum atomic E-state index is 13.5. The number of nitrogens with zero attached hydrogens (tertiary/aromatic N) is 1. The molecule has 1 aliphatic rings. The average molecular weight is 443 g/mol. The Balaban J connectivity index is 1.77. The number of carbonyl (C=O) groups excluding carboxylic acids is 2. The number of rotatable bonds is 7. The molecule has 4 rings (SSSR count). The van der Waals surface area contributed by atoms with Crippen LogP contribution in [0.4, 0.5) is 5.69 Å². The van der Waals surface area contributed by atoms with E-state index in [2.05, 4.69) is 5.32 Å². The van der Waals surface area contributed by atoms with Crippen LogP contribution in [0.25, 0.3) is 5.57 Å². The van der Waals surface area contributed by atoms with Crippen molar-refractivity contribution < 1.29 is 19.1 Å². The highest BCUT2D eigenvalue weighted by Crippen LogP contribution is 2.35. The first kappa shape index (κ1) is 22.1. The summed E-state index contributed by atoms with van der Waals surface area (Å²) in [5.41, 5.74) is 4.96. The second-order valence-corrected chi connectivity index (χ2v) is 7.93. The summed E-state index contributed by atoms with van der Waals surface area (Å²) >= 11 is 0. The summed E-state index contributed by atoms with van der Waals surface area (Å²) < 4.78 is 10.7. The molecule has 0 saturated carbocycles. The van der Waals surface area contributed by atoms with Crippen molar-refractivity contribution in [1.29, 1.82) is 0 Å². The van der Waals surface area contributed by atoms with Gasteiger partial charge in [0.25, 0.3) is 11.8 Å². The van der Waals surface area contributed by atoms with E-state index in [0.717, 1.165) is 16.7 Å². The van der Waals surface area contributed by atoms with Crippen LogP contribution in [0.5, 0.6) is 11.5 Å². The summed E-state index contributed by atoms with van der Waals surface area (Å²) in [7, 11) is 3.11. The van der Waals surface area contributed by atoms with Gasteiger partial charge in [-0.1, -0.05) is 48.5 Å². The molecule has 0 radical (unpaired) electrons. The molecule has 0 fully saturated rings. The van der Waals surface area contributed by atoms with Gasteiger partial charge in [-0.15, -0.1) is 0 Å². The van der Waals surface area contributed by atoms with E-state index in [0.29, 0.717) is 28.3 Å². The van der Waals surface area contributed by atoms with E-state index in [4.69, 9.17) is 9.47 Å². The van der Waals surface area contributed by atoms with Crippen LogP contribution in [0.3, 0.4) is 0 Å². The highest BCUT2D eigenvalue weighted by molar-refractivity contribution is 6.36. The molecule has 1 heterocycles. The fourth-order valence-electron chi connectivity index (χ4n) is 3.82. The highest BCUT2D eigenvalue weighted by atomic mass is 16.5. The number of hydrogen-bond donors (Lipinski definition) is 1. The summed E-state index contributed by atoms with van der Waals surface area (Å²) in [5.74, 6) is 0.404. The molecule has 0 spiro atoms. The first-order valence-electron chi connectivity index (χ1n) is 10.6. The number of carbonyl (C=O) groups is 2. The minimum absolute atomic E-state index is 0.198. The maximum absolute atomic E-state index is 13.5. The standard InChI is InChI=1S/C27H26N2O4/c1-17-10-11-20(14-18(17)2)24-25(28-21-12-13-22(32-3)23(15-21)33-4)27(31)29(26(24)30)16-19-8-6-5-7-9-19/h5-15,28H,16H2,1-4H3. The zero-order chi connectivity index (χ0) is 23.5. The van der Waals surface area contributed by atoms with E-state index in [-0.39, 0.29) is 24.1 Å². The minimum atomic E-state index is -0.369. The van der Waals surface area contributed by atoms with Crippen LogP contribution < -0.4 is 14.8 Å². The van der Waals surface area contributed by atoms with Gasteiger partial charge >= 0.3 is 0 Å². The molecule has 0 aliphatic carbocycles. The number of nitrogens with one attached hydrogen (secondary N) is 1. The Kier molecular flexibility index (Phi) is 6.18. The number of methoxy groups -OCH3 is 2. The third-order valence-corrected chi connectivity index (χ3v) is 5.80. The number of amides is 2. The third-order valence-electron chi connectivity index (χ3n) is 5.80. The average Bonchev–Trinajstić information content (AvgIpc) is 3.05. The Morgan fingerprint density at radius 3 is 2.18 bits per heavy atom. The van der Waals surface area contributed by atoms with Gasteiger partial charge in [0, 0.05) is 11.8 Å². The number of imide groups is 1. The second kappa shape index (κ2) is 9.20. The van der Waals surface area contributed by atoms with Crippen LogP contribution in [-0.2, 0) is 16.1 Å². The van der Waals surface area contributed by atoms with Crippen LogP contribution in [0.2, 0.25) is 0 Å². The Morgan fingerprint density at radius 1 is 0.788 bits per heavy atom. The zero-order valence-corrected chi connectivity index (χ0v) is 19.1. The first-order valence-corrected chi connectivity index (χ1v) is 10.6. The van der Waals surface area contributed by atoms with E-state index >= 15 is 0 Å². The molecule has 33 heavy (non-hydrogen) atoms. The van der Waals surface area contributed by atoms with Crippen LogP contribution in [0, 0.1) is 13.8 Å². The van der Waals surface area contributed by atoms with Gasteiger partial charge in [-0.2, -0.15) is 0 Å². The molecule has 0 unspecified atom stereocenters. The number of benzene rings is 3. The molecule has 0 bridgehead atoms. The summed E-state index contributed by atoms with van der Waals surface area (Å²) in [6.07, 6.45) is 0. The predicted octanol–water partition coefficient (Wildman–Crippen LogP) is 4.71. The fraction of sp³-hybridized carbons (Fsp3) is 0.185. The zero-order valence-electron chi connectivity index (χ0n) is 19.1. The molecule has 0 atom stereocenters. The fourth-order valence-corrected chi connectivity index (χ4v) is 3.82. The molecule has 3 aromatic rings. The van der Waals surface area contributed by atoms with Crippen molar-refractivity contribution in [3.8, 4) is 11.5 Å². The minimum Gasteiger partial charge on any atom is -0.493 e. The Labute approximate surface area is 193 Å². The molecule has 1 N–H and O–H groups in total. The Hall–Kier alpha value is -4.06. The molecular formula is C27H26N2O4. The number of anilines is 1. The van der Waals surface area contributed by atoms with Gasteiger partial charge in [0.1, 0.15) is 5.70 Å². The van der Waals surface area contributed by atoms with E-state index < -0.39 is 0 Å². The van der Waals surface area contributed by atoms with Crippen molar-refractivity contribution in [2.75, 3.05) is 19.5 Å². The van der Waals surface area contributed by atoms with E-state index in [9.17, 15) is 9.59 Å². The predicted molar refractivity (Wildman–Crippen MR) is 128 cm³/mol. The lowest BCUT2D eigenvalue weighted by Gasteiger charge is -2.16. The largest absolute Gasteiger partial charge is 0.493 e. The van der Waals surface area contributed by atoms with E-state index in [1.54, 1.807) is 32.4 Å². The van der Waals surface area contributed by atoms with Crippen LogP contribution in [-0.4, -0.2) is 30.9 Å². The molecule has 0 aromatic heterocycles. The van der Waals surface area contributed by atoms with Gasteiger partial charge < -0.3 is 14.8 Å². The van der Waals surface area contributed by atoms with Crippen molar-refractivity contribution in [2.45, 2.75) is 20.4 Å². The molecule has 168 valence electrons. The van der Waals surface area contributed by atoms with Crippen LogP contribution in [0.1, 0.15) is 22.3 Å². The first-order chi connectivity index (χ1) is 15.9. The topological polar surface area (TPSA) is 67.9 Å². The van der Waals surface area contributed by atoms with Gasteiger partial charge in [-0.3, -0.25) is 14.5 Å². The molecular weight excluding hydrogens is 416 g/mol. The molecule has 6 heteroatoms. The van der Waals surface area contributed by atoms with Crippen molar-refractivity contribution in [3.05, 3.63) is 94.7 Å². The van der Waals surface area contributed by atoms with Gasteiger partial charge in [-0.25, -0.2) is 0 Å². The lowest BCUT2D eigenvalue weighted by atomic mass is 9.99. The summed E-state index contributed by atoms with van der Waals surface area (Å²) in [6, 6.07) is 20.5. The van der Waals surface area contributed by atoms with Crippen molar-refractivity contribution in [2.24, 2.45) is 0 Å². The quantitative estimate of drug-likeness (QED) is 0.537. The van der Waals surface area contributed by atoms with Crippen molar-refractivity contribution in [1.82, 2.24) is 4.90 Å². The molecule has 3 aromatic carbocycles. The Morgan fingerprint density at radius 2 is 1.52 bits per heavy atom. The van der Waals surface area contributed by atoms with E-state index in [1.165, 1.54) is 4.90 Å². The van der Waals surface area contributed by atoms with Gasteiger partial charge in [0.2, 0.25) is 0 Å². The number of ether oxygens (including phenoxy) is 2. The molecule has 0 saturated heterocycles. The molecule has 1 aliphatic heterocycles. The smallest absolute Gasteiger partial charge is 0.278 e. The third kappa shape index (κ3) is 4.32. The van der Waals surface area contributed by atoms with Crippen LogP contribution >= 0.6 is 0 Å². The second-order valence-electron chi connectivity index (χ2n) is 7.93. The summed E-state index contributed by atoms with van der Waals surface area (Å²) in [6.45, 7) is 4.20. The molecule has 2 amide bonds. The summed E-state index contributed by atoms with van der Waals surface area (Å²) in [4.78, 5) is 28.3. The summed E-state index contributed by atoms with van der Waals surface area (Å²) in [5, 5.41) is 3.18. The number of hydrogen-bond acceptors (Lipinski definition) is 5. The lowest BCUT2D eigenvalue weighted by molar-refractivity contribution is -0.137.